The number of rotatable bonds is 17. The van der Waals surface area contributed by atoms with Gasteiger partial charge in [-0.3, -0.25) is 9.59 Å². The Morgan fingerprint density at radius 1 is 1.24 bits per heavy atom. The number of methoxy groups -OCH3 is 1. The Morgan fingerprint density at radius 3 is 2.64 bits per heavy atom. The second kappa shape index (κ2) is 16.0. The first-order chi connectivity index (χ1) is 21.5. The highest BCUT2D eigenvalue weighted by molar-refractivity contribution is 5.70. The normalized spacial score (nSPS) is 30.5. The van der Waals surface area contributed by atoms with Gasteiger partial charge in [0, 0.05) is 38.7 Å². The molecule has 10 nitrogen and oxygen atoms in total. The third-order valence-corrected chi connectivity index (χ3v) is 9.04. The van der Waals surface area contributed by atoms with Crippen molar-refractivity contribution in [1.29, 1.82) is 0 Å². The van der Waals surface area contributed by atoms with Crippen LogP contribution in [0.3, 0.4) is 0 Å². The van der Waals surface area contributed by atoms with Crippen molar-refractivity contribution in [2.24, 2.45) is 17.8 Å². The number of carbonyl (C=O) groups is 2. The number of aliphatic hydroxyl groups is 1. The molecule has 1 aromatic rings. The van der Waals surface area contributed by atoms with E-state index in [1.165, 1.54) is 0 Å². The van der Waals surface area contributed by atoms with Gasteiger partial charge in [0.25, 0.3) is 6.47 Å². The van der Waals surface area contributed by atoms with Crippen molar-refractivity contribution in [2.45, 2.75) is 116 Å². The first kappa shape index (κ1) is 34.8. The minimum Gasteiger partial charge on any atom is -0.464 e. The van der Waals surface area contributed by atoms with E-state index in [2.05, 4.69) is 11.9 Å². The number of aryl methyl sites for hydroxylation is 1. The maximum Gasteiger partial charge on any atom is 0.306 e. The summed E-state index contributed by atoms with van der Waals surface area (Å²) in [4.78, 5) is 27.9. The van der Waals surface area contributed by atoms with E-state index in [1.807, 2.05) is 64.2 Å². The zero-order valence-corrected chi connectivity index (χ0v) is 27.5. The van der Waals surface area contributed by atoms with Gasteiger partial charge in [-0.05, 0) is 56.8 Å². The van der Waals surface area contributed by atoms with Gasteiger partial charge in [-0.25, -0.2) is 4.98 Å². The fourth-order valence-corrected chi connectivity index (χ4v) is 6.25. The van der Waals surface area contributed by atoms with Crippen LogP contribution in [0.15, 0.2) is 52.2 Å². The number of ether oxygens (including phenoxy) is 5. The first-order valence-corrected chi connectivity index (χ1v) is 15.9. The largest absolute Gasteiger partial charge is 0.464 e. The van der Waals surface area contributed by atoms with Gasteiger partial charge in [0.2, 0.25) is 0 Å². The summed E-state index contributed by atoms with van der Waals surface area (Å²) >= 11 is 0. The van der Waals surface area contributed by atoms with Crippen LogP contribution in [0.5, 0.6) is 0 Å². The molecule has 0 saturated carbocycles. The maximum atomic E-state index is 12.2. The quantitative estimate of drug-likeness (QED) is 0.0798. The highest BCUT2D eigenvalue weighted by atomic mass is 16.6. The molecule has 1 aromatic heterocycles. The van der Waals surface area contributed by atoms with E-state index in [-0.39, 0.29) is 60.7 Å². The standard InChI is InChI=1S/C35H49NO9/c1-20(13-27-18-41-25(6)36-27)9-8-10-22(3)34(40-7)23(4)31(42-19-37)17-28(38)35-29(45-35)12-11-21(2)30-14-26(16-33(39)44-30)15-32-24(5)43-32/h8-13,18-19,21,23-24,26,28-32,34-35,38H,14-17H2,1-7H3/b9-8+,12-11+,20-13+,22-10+/t21?,23-,24-,26-,28-,29+,30?,31-,32+,34-,35?/m0/s1. The summed E-state index contributed by atoms with van der Waals surface area (Å²) < 4.78 is 33.5. The Bertz CT molecular complexity index is 1270. The van der Waals surface area contributed by atoms with Crippen LogP contribution in [0.25, 0.3) is 6.08 Å². The van der Waals surface area contributed by atoms with Gasteiger partial charge >= 0.3 is 5.97 Å². The summed E-state index contributed by atoms with van der Waals surface area (Å²) in [6.45, 7) is 12.2. The molecule has 11 atom stereocenters. The highest BCUT2D eigenvalue weighted by Gasteiger charge is 2.45. The Labute approximate surface area is 266 Å². The molecule has 3 fully saturated rings. The SMILES string of the molecule is CO[C@@H](/C(C)=C/C=C/C(C)=C/c1coc(C)n1)[C@@H](C)[C@H](C[C@H](O)C1O[C@@H]1/C=C/C(C)C1C[C@@H](C[C@H]2O[C@H]2C)CC(=O)O1)OC=O. The van der Waals surface area contributed by atoms with E-state index in [1.54, 1.807) is 20.3 Å². The average molecular weight is 628 g/mol. The van der Waals surface area contributed by atoms with Crippen molar-refractivity contribution in [3.8, 4) is 0 Å². The van der Waals surface area contributed by atoms with E-state index in [9.17, 15) is 14.7 Å². The minimum atomic E-state index is -0.839. The Kier molecular flexibility index (Phi) is 12.4. The second-order valence-corrected chi connectivity index (χ2v) is 12.8. The van der Waals surface area contributed by atoms with Crippen LogP contribution in [0.4, 0.5) is 0 Å². The predicted octanol–water partition coefficient (Wildman–Crippen LogP) is 5.29. The molecule has 0 radical (unpaired) electrons. The van der Waals surface area contributed by atoms with Crippen molar-refractivity contribution in [3.63, 3.8) is 0 Å². The summed E-state index contributed by atoms with van der Waals surface area (Å²) in [6, 6.07) is 0. The number of carbonyl (C=O) groups excluding carboxylic acids is 2. The Hall–Kier alpha value is -3.05. The lowest BCUT2D eigenvalue weighted by Gasteiger charge is -2.31. The zero-order valence-electron chi connectivity index (χ0n) is 27.5. The summed E-state index contributed by atoms with van der Waals surface area (Å²) in [5.41, 5.74) is 2.71. The topological polar surface area (TPSA) is 133 Å². The van der Waals surface area contributed by atoms with Gasteiger partial charge < -0.3 is 33.2 Å². The second-order valence-electron chi connectivity index (χ2n) is 12.8. The number of hydrogen-bond acceptors (Lipinski definition) is 10. The van der Waals surface area contributed by atoms with Crippen molar-refractivity contribution in [2.75, 3.05) is 7.11 Å². The number of hydrogen-bond donors (Lipinski definition) is 1. The number of aliphatic hydroxyl groups excluding tert-OH is 1. The van der Waals surface area contributed by atoms with Crippen molar-refractivity contribution in [1.82, 2.24) is 4.98 Å². The molecule has 1 N–H and O–H groups in total. The molecule has 3 unspecified atom stereocenters. The van der Waals surface area contributed by atoms with Crippen molar-refractivity contribution >= 4 is 18.5 Å². The molecule has 3 saturated heterocycles. The lowest BCUT2D eigenvalue weighted by molar-refractivity contribution is -0.159. The van der Waals surface area contributed by atoms with Gasteiger partial charge in [-0.1, -0.05) is 44.2 Å². The summed E-state index contributed by atoms with van der Waals surface area (Å²) in [5, 5.41) is 11.0. The van der Waals surface area contributed by atoms with Gasteiger partial charge in [-0.2, -0.15) is 0 Å². The van der Waals surface area contributed by atoms with Gasteiger partial charge in [0.1, 0.15) is 36.4 Å². The molecule has 0 aliphatic carbocycles. The third kappa shape index (κ3) is 10.2. The average Bonchev–Trinajstić information content (AvgIpc) is 3.88. The van der Waals surface area contributed by atoms with Crippen LogP contribution in [0.2, 0.25) is 0 Å². The number of oxazole rings is 1. The number of epoxide rings is 2. The van der Waals surface area contributed by atoms with E-state index in [0.29, 0.717) is 18.8 Å². The van der Waals surface area contributed by atoms with E-state index in [0.717, 1.165) is 29.7 Å². The molecule has 248 valence electrons. The molecule has 4 rings (SSSR count). The van der Waals surface area contributed by atoms with Crippen LogP contribution < -0.4 is 0 Å². The number of esters is 1. The van der Waals surface area contributed by atoms with E-state index < -0.39 is 18.3 Å². The van der Waals surface area contributed by atoms with Gasteiger partial charge in [0.15, 0.2) is 5.89 Å². The van der Waals surface area contributed by atoms with Gasteiger partial charge in [0.05, 0.1) is 24.4 Å². The molecule has 0 spiro atoms. The van der Waals surface area contributed by atoms with E-state index >= 15 is 0 Å². The molecule has 45 heavy (non-hydrogen) atoms. The van der Waals surface area contributed by atoms with Crippen molar-refractivity contribution in [3.05, 3.63) is 59.4 Å². The van der Waals surface area contributed by atoms with Crippen LogP contribution in [-0.2, 0) is 33.3 Å². The minimum absolute atomic E-state index is 0.0134. The Balaban J connectivity index is 1.28. The molecular formula is C35H49NO9. The predicted molar refractivity (Wildman–Crippen MR) is 168 cm³/mol. The molecule has 0 bridgehead atoms. The number of aromatic nitrogens is 1. The number of cyclic esters (lactones) is 1. The van der Waals surface area contributed by atoms with Crippen LogP contribution in [0, 0.1) is 24.7 Å². The summed E-state index contributed by atoms with van der Waals surface area (Å²) in [7, 11) is 1.62. The first-order valence-electron chi connectivity index (χ1n) is 15.9. The fourth-order valence-electron chi connectivity index (χ4n) is 6.25. The van der Waals surface area contributed by atoms with Crippen LogP contribution in [-0.4, -0.2) is 78.5 Å². The lowest BCUT2D eigenvalue weighted by atomic mass is 9.85. The lowest BCUT2D eigenvalue weighted by Crippen LogP contribution is -2.37. The molecular weight excluding hydrogens is 578 g/mol. The number of allylic oxidation sites excluding steroid dienone is 4. The third-order valence-electron chi connectivity index (χ3n) is 9.04. The van der Waals surface area contributed by atoms with Crippen LogP contribution in [0.1, 0.15) is 71.9 Å². The molecule has 0 aromatic carbocycles. The summed E-state index contributed by atoms with van der Waals surface area (Å²) in [6.07, 6.45) is 13.6. The van der Waals surface area contributed by atoms with Gasteiger partial charge in [-0.15, -0.1) is 0 Å². The van der Waals surface area contributed by atoms with Crippen LogP contribution >= 0.6 is 0 Å². The monoisotopic (exact) mass is 627 g/mol. The van der Waals surface area contributed by atoms with Crippen molar-refractivity contribution < 1.29 is 42.8 Å². The zero-order chi connectivity index (χ0) is 32.7. The maximum absolute atomic E-state index is 12.2. The molecule has 3 aliphatic heterocycles. The number of nitrogens with zero attached hydrogens (tertiary/aromatic N) is 1. The molecule has 10 heteroatoms. The molecule has 3 aliphatic rings. The molecule has 4 heterocycles. The fraction of sp³-hybridized carbons (Fsp3) is 0.629. The highest BCUT2D eigenvalue weighted by Crippen LogP contribution is 2.36. The Morgan fingerprint density at radius 2 is 2.00 bits per heavy atom. The smallest absolute Gasteiger partial charge is 0.306 e. The summed E-state index contributed by atoms with van der Waals surface area (Å²) in [5.74, 6) is 0.506. The molecule has 0 amide bonds. The van der Waals surface area contributed by atoms with E-state index in [4.69, 9.17) is 28.1 Å².